The molecule has 14 rings (SSSR count). The van der Waals surface area contributed by atoms with Crippen molar-refractivity contribution in [3.63, 3.8) is 0 Å². The van der Waals surface area contributed by atoms with Gasteiger partial charge in [-0.1, -0.05) is 170 Å². The molecule has 0 fully saturated rings. The first-order valence-electron chi connectivity index (χ1n) is 22.5. The Morgan fingerprint density at radius 1 is 0.277 bits per heavy atom. The quantitative estimate of drug-likeness (QED) is 0.172. The second-order valence-corrected chi connectivity index (χ2v) is 17.6. The van der Waals surface area contributed by atoms with Gasteiger partial charge in [0.05, 0.1) is 5.41 Å². The molecule has 2 nitrogen and oxygen atoms in total. The molecule has 11 aromatic carbocycles. The van der Waals surface area contributed by atoms with Crippen LogP contribution in [0.2, 0.25) is 0 Å². The van der Waals surface area contributed by atoms with Crippen LogP contribution in [0.1, 0.15) is 22.3 Å². The van der Waals surface area contributed by atoms with Gasteiger partial charge < -0.3 is 9.32 Å². The molecule has 1 aromatic heterocycles. The number of hydrogen-bond donors (Lipinski definition) is 0. The fourth-order valence-electron chi connectivity index (χ4n) is 11.3. The average Bonchev–Trinajstić information content (AvgIpc) is 4.00. The predicted octanol–water partition coefficient (Wildman–Crippen LogP) is 17.0. The van der Waals surface area contributed by atoms with Crippen LogP contribution in [-0.2, 0) is 5.41 Å². The van der Waals surface area contributed by atoms with Crippen LogP contribution < -0.4 is 4.90 Å². The Bertz CT molecular complexity index is 3850. The first-order valence-corrected chi connectivity index (χ1v) is 22.5. The van der Waals surface area contributed by atoms with Crippen LogP contribution in [-0.4, -0.2) is 0 Å². The first-order chi connectivity index (χ1) is 32.2. The minimum Gasteiger partial charge on any atom is -0.456 e. The molecule has 2 aliphatic rings. The van der Waals surface area contributed by atoms with Gasteiger partial charge in [-0.3, -0.25) is 0 Å². The third-order valence-corrected chi connectivity index (χ3v) is 14.2. The molecule has 0 radical (unpaired) electrons. The Morgan fingerprint density at radius 3 is 1.42 bits per heavy atom. The van der Waals surface area contributed by atoms with E-state index in [1.807, 2.05) is 6.07 Å². The average molecular weight is 826 g/mol. The first kappa shape index (κ1) is 36.1. The molecule has 1 heterocycles. The van der Waals surface area contributed by atoms with Crippen molar-refractivity contribution in [1.82, 2.24) is 0 Å². The Kier molecular flexibility index (Phi) is 7.64. The molecule has 0 saturated heterocycles. The lowest BCUT2D eigenvalue weighted by molar-refractivity contribution is 0.669. The second-order valence-electron chi connectivity index (χ2n) is 17.6. The zero-order chi connectivity index (χ0) is 42.6. The molecule has 1 spiro atoms. The molecule has 12 aromatic rings. The van der Waals surface area contributed by atoms with Crippen molar-refractivity contribution in [2.24, 2.45) is 0 Å². The van der Waals surface area contributed by atoms with E-state index in [2.05, 4.69) is 235 Å². The van der Waals surface area contributed by atoms with Crippen molar-refractivity contribution in [2.75, 3.05) is 4.90 Å². The maximum atomic E-state index is 6.35. The van der Waals surface area contributed by atoms with E-state index in [9.17, 15) is 0 Å². The van der Waals surface area contributed by atoms with Crippen LogP contribution in [0.5, 0.6) is 0 Å². The van der Waals surface area contributed by atoms with Gasteiger partial charge in [0.1, 0.15) is 11.2 Å². The highest BCUT2D eigenvalue weighted by atomic mass is 16.3. The van der Waals surface area contributed by atoms with Gasteiger partial charge in [0, 0.05) is 27.8 Å². The van der Waals surface area contributed by atoms with Gasteiger partial charge in [-0.2, -0.15) is 0 Å². The maximum absolute atomic E-state index is 6.35. The van der Waals surface area contributed by atoms with Crippen LogP contribution >= 0.6 is 0 Å². The molecule has 2 heteroatoms. The summed E-state index contributed by atoms with van der Waals surface area (Å²) in [7, 11) is 0. The second kappa shape index (κ2) is 13.8. The van der Waals surface area contributed by atoms with Gasteiger partial charge in [-0.15, -0.1) is 0 Å². The summed E-state index contributed by atoms with van der Waals surface area (Å²) in [5, 5.41) is 7.18. The van der Waals surface area contributed by atoms with Gasteiger partial charge in [-0.05, 0) is 155 Å². The molecule has 0 aliphatic heterocycles. The summed E-state index contributed by atoms with van der Waals surface area (Å²) in [4.78, 5) is 2.42. The molecular weight excluding hydrogens is 787 g/mol. The van der Waals surface area contributed by atoms with Gasteiger partial charge in [0.2, 0.25) is 0 Å². The standard InChI is InChI=1S/C63H39NO/c1-2-12-43-35-45(25-21-40(43)11-1)46-26-23-42-22-24-44(36-47(42)37-46)41-27-29-48(30-28-41)64(49-32-34-62-56(38-49)55-16-6-10-20-61(55)65-62)50-31-33-54-53-15-5-9-19-59(53)63(60(54)39-50)57-17-7-3-13-51(57)52-14-4-8-18-58(52)63/h1-39H. The largest absolute Gasteiger partial charge is 0.456 e. The van der Waals surface area contributed by atoms with E-state index in [1.165, 1.54) is 88.3 Å². The molecular formula is C63H39NO. The van der Waals surface area contributed by atoms with Gasteiger partial charge in [-0.25, -0.2) is 0 Å². The highest BCUT2D eigenvalue weighted by Gasteiger charge is 2.51. The minimum absolute atomic E-state index is 0.445. The lowest BCUT2D eigenvalue weighted by atomic mass is 9.70. The van der Waals surface area contributed by atoms with E-state index in [-0.39, 0.29) is 0 Å². The Hall–Kier alpha value is -8.46. The van der Waals surface area contributed by atoms with Crippen molar-refractivity contribution in [1.29, 1.82) is 0 Å². The van der Waals surface area contributed by atoms with Crippen molar-refractivity contribution in [3.05, 3.63) is 259 Å². The predicted molar refractivity (Wildman–Crippen MR) is 271 cm³/mol. The van der Waals surface area contributed by atoms with Gasteiger partial charge in [0.15, 0.2) is 0 Å². The number of hydrogen-bond acceptors (Lipinski definition) is 2. The Morgan fingerprint density at radius 2 is 0.738 bits per heavy atom. The number of fused-ring (bicyclic) bond motifs is 15. The lowest BCUT2D eigenvalue weighted by Gasteiger charge is -2.32. The summed E-state index contributed by atoms with van der Waals surface area (Å²) in [5.74, 6) is 0. The highest BCUT2D eigenvalue weighted by molar-refractivity contribution is 6.07. The SMILES string of the molecule is c1ccc2c(c1)-c1ccccc1C21c2ccccc2-c2ccc(N(c3ccc(-c4ccc5ccc(-c6ccc7ccccc7c6)cc5c4)cc3)c3ccc4oc5ccccc5c4c3)cc21. The third-order valence-electron chi connectivity index (χ3n) is 14.2. The zero-order valence-electron chi connectivity index (χ0n) is 35.4. The van der Waals surface area contributed by atoms with E-state index < -0.39 is 5.41 Å². The summed E-state index contributed by atoms with van der Waals surface area (Å²) in [6.07, 6.45) is 0. The Balaban J connectivity index is 0.922. The number of furan rings is 1. The van der Waals surface area contributed by atoms with E-state index >= 15 is 0 Å². The van der Waals surface area contributed by atoms with Crippen molar-refractivity contribution in [3.8, 4) is 44.5 Å². The van der Waals surface area contributed by atoms with Crippen molar-refractivity contribution in [2.45, 2.75) is 5.41 Å². The van der Waals surface area contributed by atoms with E-state index in [4.69, 9.17) is 4.42 Å². The summed E-state index contributed by atoms with van der Waals surface area (Å²) < 4.78 is 6.35. The van der Waals surface area contributed by atoms with Crippen LogP contribution in [0.25, 0.3) is 88.0 Å². The summed E-state index contributed by atoms with van der Waals surface area (Å²) in [6, 6.07) is 87.2. The molecule has 0 N–H and O–H groups in total. The fraction of sp³-hybridized carbons (Fsp3) is 0.0159. The third kappa shape index (κ3) is 5.29. The van der Waals surface area contributed by atoms with Crippen LogP contribution in [0.15, 0.2) is 241 Å². The number of para-hydroxylation sites is 1. The molecule has 2 aliphatic carbocycles. The summed E-state index contributed by atoms with van der Waals surface area (Å²) in [5.41, 5.74) is 19.9. The van der Waals surface area contributed by atoms with Crippen molar-refractivity contribution >= 4 is 60.5 Å². The van der Waals surface area contributed by atoms with Crippen LogP contribution in [0.3, 0.4) is 0 Å². The Labute approximate surface area is 376 Å². The van der Waals surface area contributed by atoms with E-state index in [0.29, 0.717) is 0 Å². The molecule has 0 amide bonds. The maximum Gasteiger partial charge on any atom is 0.135 e. The molecule has 0 bridgehead atoms. The molecule has 65 heavy (non-hydrogen) atoms. The molecule has 302 valence electrons. The van der Waals surface area contributed by atoms with Crippen LogP contribution in [0, 0.1) is 0 Å². The number of nitrogens with zero attached hydrogens (tertiary/aromatic N) is 1. The van der Waals surface area contributed by atoms with Gasteiger partial charge >= 0.3 is 0 Å². The number of anilines is 3. The summed E-state index contributed by atoms with van der Waals surface area (Å²) >= 11 is 0. The topological polar surface area (TPSA) is 16.4 Å². The van der Waals surface area contributed by atoms with E-state index in [1.54, 1.807) is 0 Å². The molecule has 0 unspecified atom stereocenters. The van der Waals surface area contributed by atoms with E-state index in [0.717, 1.165) is 39.0 Å². The van der Waals surface area contributed by atoms with Crippen LogP contribution in [0.4, 0.5) is 17.1 Å². The highest BCUT2D eigenvalue weighted by Crippen LogP contribution is 2.63. The smallest absolute Gasteiger partial charge is 0.135 e. The monoisotopic (exact) mass is 825 g/mol. The van der Waals surface area contributed by atoms with Crippen molar-refractivity contribution < 1.29 is 4.42 Å². The lowest BCUT2D eigenvalue weighted by Crippen LogP contribution is -2.26. The number of rotatable bonds is 5. The molecule has 0 atom stereocenters. The zero-order valence-corrected chi connectivity index (χ0v) is 35.4. The van der Waals surface area contributed by atoms with Gasteiger partial charge in [0.25, 0.3) is 0 Å². The molecule has 0 saturated carbocycles. The fourth-order valence-corrected chi connectivity index (χ4v) is 11.3. The number of benzene rings is 11. The minimum atomic E-state index is -0.445. The normalized spacial score (nSPS) is 13.0. The summed E-state index contributed by atoms with van der Waals surface area (Å²) in [6.45, 7) is 0.